The Morgan fingerprint density at radius 3 is 2.26 bits per heavy atom. The van der Waals surface area contributed by atoms with E-state index < -0.39 is 5.60 Å². The molecule has 1 aromatic heterocycles. The number of fused-ring (bicyclic) bond motifs is 2. The monoisotopic (exact) mass is 529 g/mol. The average molecular weight is 530 g/mol. The van der Waals surface area contributed by atoms with Gasteiger partial charge in [0.25, 0.3) is 5.91 Å². The zero-order valence-electron chi connectivity index (χ0n) is 22.5. The first-order valence-electron chi connectivity index (χ1n) is 13.4. The number of carbonyl (C=O) groups is 2. The van der Waals surface area contributed by atoms with Crippen molar-refractivity contribution in [3.63, 3.8) is 0 Å². The summed E-state index contributed by atoms with van der Waals surface area (Å²) in [6, 6.07) is 12.5. The fourth-order valence-electron chi connectivity index (χ4n) is 5.46. The molecule has 3 heterocycles. The van der Waals surface area contributed by atoms with Crippen molar-refractivity contribution in [1.29, 1.82) is 0 Å². The van der Waals surface area contributed by atoms with Crippen molar-refractivity contribution in [2.24, 2.45) is 0 Å². The number of piperazine rings is 1. The third-order valence-corrected chi connectivity index (χ3v) is 7.70. The van der Waals surface area contributed by atoms with E-state index in [0.717, 1.165) is 25.1 Å². The Morgan fingerprint density at radius 1 is 0.949 bits per heavy atom. The Labute approximate surface area is 227 Å². The van der Waals surface area contributed by atoms with E-state index in [0.29, 0.717) is 48.8 Å². The summed E-state index contributed by atoms with van der Waals surface area (Å²) in [6.07, 6.45) is 5.13. The van der Waals surface area contributed by atoms with Crippen molar-refractivity contribution >= 4 is 23.6 Å². The van der Waals surface area contributed by atoms with Crippen LogP contribution in [-0.2, 0) is 10.2 Å². The van der Waals surface area contributed by atoms with E-state index in [4.69, 9.17) is 4.74 Å². The molecule has 0 unspecified atom stereocenters. The number of aromatic nitrogens is 2. The van der Waals surface area contributed by atoms with Crippen LogP contribution in [0.2, 0.25) is 0 Å². The topological polar surface area (TPSA) is 78.9 Å². The Morgan fingerprint density at radius 2 is 1.62 bits per heavy atom. The van der Waals surface area contributed by atoms with Gasteiger partial charge in [-0.15, -0.1) is 0 Å². The number of carbonyl (C=O) groups excluding carboxylic acids is 2. The molecule has 3 aliphatic rings. The molecule has 2 fully saturated rings. The molecule has 2 aliphatic heterocycles. The second-order valence-electron chi connectivity index (χ2n) is 11.6. The van der Waals surface area contributed by atoms with Crippen molar-refractivity contribution in [2.45, 2.75) is 44.6 Å². The molecule has 9 heteroatoms. The number of halogens is 1. The predicted octanol–water partition coefficient (Wildman–Crippen LogP) is 5.16. The van der Waals surface area contributed by atoms with Crippen molar-refractivity contribution < 1.29 is 18.7 Å². The predicted molar refractivity (Wildman–Crippen MR) is 145 cm³/mol. The maximum absolute atomic E-state index is 14.3. The zero-order valence-corrected chi connectivity index (χ0v) is 22.5. The number of anilines is 2. The number of hydrogen-bond donors (Lipinski definition) is 0. The van der Waals surface area contributed by atoms with Crippen LogP contribution in [0.4, 0.5) is 20.8 Å². The van der Waals surface area contributed by atoms with Gasteiger partial charge >= 0.3 is 6.09 Å². The van der Waals surface area contributed by atoms with Crippen molar-refractivity contribution in [3.8, 4) is 11.1 Å². The summed E-state index contributed by atoms with van der Waals surface area (Å²) in [5, 5.41) is 0. The largest absolute Gasteiger partial charge is 0.444 e. The summed E-state index contributed by atoms with van der Waals surface area (Å²) in [4.78, 5) is 40.6. The van der Waals surface area contributed by atoms with E-state index in [9.17, 15) is 14.0 Å². The maximum Gasteiger partial charge on any atom is 0.410 e. The maximum atomic E-state index is 14.3. The van der Waals surface area contributed by atoms with Crippen molar-refractivity contribution in [3.05, 3.63) is 71.8 Å². The van der Waals surface area contributed by atoms with Crippen LogP contribution < -0.4 is 4.90 Å². The molecule has 3 aromatic rings. The molecular formula is C30H32FN5O3. The summed E-state index contributed by atoms with van der Waals surface area (Å²) in [5.74, 6) is 0.164. The molecule has 39 heavy (non-hydrogen) atoms. The van der Waals surface area contributed by atoms with Crippen LogP contribution in [-0.4, -0.2) is 70.1 Å². The van der Waals surface area contributed by atoms with Gasteiger partial charge in [0.05, 0.1) is 0 Å². The van der Waals surface area contributed by atoms with Crippen LogP contribution in [0.1, 0.15) is 49.5 Å². The second kappa shape index (κ2) is 9.32. The van der Waals surface area contributed by atoms with Crippen LogP contribution in [0, 0.1) is 5.82 Å². The highest BCUT2D eigenvalue weighted by molar-refractivity contribution is 5.96. The fraction of sp³-hybridized carbons (Fsp3) is 0.400. The first kappa shape index (κ1) is 25.3. The molecule has 1 spiro atoms. The number of benzene rings is 2. The number of amides is 2. The van der Waals surface area contributed by atoms with E-state index in [-0.39, 0.29) is 23.2 Å². The van der Waals surface area contributed by atoms with Gasteiger partial charge in [-0.3, -0.25) is 4.79 Å². The van der Waals surface area contributed by atoms with Gasteiger partial charge in [0, 0.05) is 72.9 Å². The molecule has 0 radical (unpaired) electrons. The summed E-state index contributed by atoms with van der Waals surface area (Å²) in [7, 11) is 0. The highest BCUT2D eigenvalue weighted by Crippen LogP contribution is 2.57. The van der Waals surface area contributed by atoms with Crippen LogP contribution in [0.15, 0.2) is 54.9 Å². The highest BCUT2D eigenvalue weighted by Gasteiger charge is 2.52. The molecule has 0 N–H and O–H groups in total. The number of rotatable bonds is 3. The molecule has 8 nitrogen and oxygen atoms in total. The van der Waals surface area contributed by atoms with E-state index in [1.807, 2.05) is 32.9 Å². The second-order valence-corrected chi connectivity index (χ2v) is 11.6. The summed E-state index contributed by atoms with van der Waals surface area (Å²) >= 11 is 0. The lowest BCUT2D eigenvalue weighted by Gasteiger charge is -2.35. The lowest BCUT2D eigenvalue weighted by Crippen LogP contribution is -2.51. The van der Waals surface area contributed by atoms with Crippen molar-refractivity contribution in [2.75, 3.05) is 37.6 Å². The third-order valence-electron chi connectivity index (χ3n) is 7.70. The summed E-state index contributed by atoms with van der Waals surface area (Å²) in [6.45, 7) is 8.05. The van der Waals surface area contributed by atoms with E-state index in [1.165, 1.54) is 11.6 Å². The standard InChI is InChI=1S/C30H32FN5O3/c1-29(2,3)39-28(38)35-14-12-34(13-15-35)26(37)20-8-9-23-25(16-20)36(19-30(23)10-11-30)27-32-17-21(18-33-27)22-6-4-5-7-24(22)31/h4-9,16-18H,10-15,19H2,1-3H3. The SMILES string of the molecule is CC(C)(C)OC(=O)N1CCN(C(=O)c2ccc3c(c2)N(c2ncc(-c4ccccc4F)cn2)CC32CC2)CC1. The van der Waals surface area contributed by atoms with E-state index in [2.05, 4.69) is 20.9 Å². The van der Waals surface area contributed by atoms with Crippen LogP contribution >= 0.6 is 0 Å². The normalized spacial score (nSPS) is 17.8. The third kappa shape index (κ3) is 4.82. The van der Waals surface area contributed by atoms with E-state index in [1.54, 1.807) is 40.4 Å². The first-order chi connectivity index (χ1) is 18.6. The molecule has 1 saturated heterocycles. The van der Waals surface area contributed by atoms with Gasteiger partial charge in [-0.25, -0.2) is 19.2 Å². The fourth-order valence-corrected chi connectivity index (χ4v) is 5.46. The zero-order chi connectivity index (χ0) is 27.4. The number of nitrogens with zero attached hydrogens (tertiary/aromatic N) is 5. The summed E-state index contributed by atoms with van der Waals surface area (Å²) < 4.78 is 19.7. The Hall–Kier alpha value is -4.01. The van der Waals surface area contributed by atoms with E-state index >= 15 is 0 Å². The van der Waals surface area contributed by atoms with Gasteiger partial charge in [-0.05, 0) is 57.4 Å². The van der Waals surface area contributed by atoms with Gasteiger partial charge in [-0.2, -0.15) is 0 Å². The van der Waals surface area contributed by atoms with Crippen molar-refractivity contribution in [1.82, 2.24) is 19.8 Å². The van der Waals surface area contributed by atoms with Gasteiger partial charge in [0.1, 0.15) is 11.4 Å². The highest BCUT2D eigenvalue weighted by atomic mass is 19.1. The Kier molecular flexibility index (Phi) is 6.04. The molecular weight excluding hydrogens is 497 g/mol. The molecule has 2 aromatic carbocycles. The molecule has 202 valence electrons. The lowest BCUT2D eigenvalue weighted by molar-refractivity contribution is 0.0141. The van der Waals surface area contributed by atoms with Crippen LogP contribution in [0.3, 0.4) is 0 Å². The Bertz CT molecular complexity index is 1420. The molecule has 6 rings (SSSR count). The average Bonchev–Trinajstić information content (AvgIpc) is 3.64. The molecule has 0 bridgehead atoms. The minimum atomic E-state index is -0.555. The lowest BCUT2D eigenvalue weighted by atomic mass is 9.97. The molecule has 0 atom stereocenters. The molecule has 2 amide bonds. The Balaban J connectivity index is 1.20. The van der Waals surface area contributed by atoms with Gasteiger partial charge in [-0.1, -0.05) is 24.3 Å². The van der Waals surface area contributed by atoms with Crippen LogP contribution in [0.25, 0.3) is 11.1 Å². The minimum Gasteiger partial charge on any atom is -0.444 e. The summed E-state index contributed by atoms with van der Waals surface area (Å²) in [5.41, 5.74) is 3.37. The first-order valence-corrected chi connectivity index (χ1v) is 13.4. The molecule has 1 aliphatic carbocycles. The minimum absolute atomic E-state index is 0.0610. The van der Waals surface area contributed by atoms with Gasteiger partial charge < -0.3 is 19.4 Å². The van der Waals surface area contributed by atoms with Crippen LogP contribution in [0.5, 0.6) is 0 Å². The number of ether oxygens (including phenoxy) is 1. The smallest absolute Gasteiger partial charge is 0.410 e. The van der Waals surface area contributed by atoms with Gasteiger partial charge in [0.15, 0.2) is 0 Å². The number of hydrogen-bond acceptors (Lipinski definition) is 6. The van der Waals surface area contributed by atoms with Gasteiger partial charge in [0.2, 0.25) is 5.95 Å². The quantitative estimate of drug-likeness (QED) is 0.467. The molecule has 1 saturated carbocycles.